The molecule has 7 rings (SSSR count). The summed E-state index contributed by atoms with van der Waals surface area (Å²) in [7, 11) is 0. The summed E-state index contributed by atoms with van der Waals surface area (Å²) in [4.78, 5) is 0. The molecule has 1 nitrogen and oxygen atoms in total. The fourth-order valence-corrected chi connectivity index (χ4v) is 6.59. The van der Waals surface area contributed by atoms with E-state index in [2.05, 4.69) is 117 Å². The summed E-state index contributed by atoms with van der Waals surface area (Å²) in [6.07, 6.45) is 7.78. The fourth-order valence-electron chi connectivity index (χ4n) is 6.59. The molecule has 1 heterocycles. The maximum absolute atomic E-state index is 6.51. The third-order valence-corrected chi connectivity index (χ3v) is 8.43. The van der Waals surface area contributed by atoms with E-state index in [0.29, 0.717) is 0 Å². The van der Waals surface area contributed by atoms with Gasteiger partial charge in [-0.25, -0.2) is 0 Å². The van der Waals surface area contributed by atoms with E-state index >= 15 is 0 Å². The van der Waals surface area contributed by atoms with Crippen LogP contribution in [0.3, 0.4) is 0 Å². The van der Waals surface area contributed by atoms with Crippen LogP contribution in [0.5, 0.6) is 0 Å². The van der Waals surface area contributed by atoms with Crippen LogP contribution >= 0.6 is 0 Å². The molecule has 0 atom stereocenters. The van der Waals surface area contributed by atoms with Crippen molar-refractivity contribution in [1.82, 2.24) is 0 Å². The largest absolute Gasteiger partial charge is 0.455 e. The van der Waals surface area contributed by atoms with Crippen LogP contribution in [-0.4, -0.2) is 0 Å². The molecule has 0 N–H and O–H groups in total. The summed E-state index contributed by atoms with van der Waals surface area (Å²) < 4.78 is 6.51. The smallest absolute Gasteiger partial charge is 0.143 e. The highest BCUT2D eigenvalue weighted by molar-refractivity contribution is 6.17. The SMILES string of the molecule is C=Cc1c(-c2ccccc2)ccc(-c2c(C=C)c(C=C)c(-c3cccc4c3oc3ccccc34)c3ccccc23)c1C=C. The topological polar surface area (TPSA) is 13.1 Å². The van der Waals surface area contributed by atoms with Gasteiger partial charge in [-0.3, -0.25) is 0 Å². The van der Waals surface area contributed by atoms with Gasteiger partial charge in [0.15, 0.2) is 0 Å². The highest BCUT2D eigenvalue weighted by Crippen LogP contribution is 2.47. The molecule has 0 aliphatic rings. The Kier molecular flexibility index (Phi) is 6.49. The molecular weight excluding hydrogens is 520 g/mol. The van der Waals surface area contributed by atoms with Crippen molar-refractivity contribution < 1.29 is 4.42 Å². The molecular formula is C42H30O. The highest BCUT2D eigenvalue weighted by Gasteiger charge is 2.23. The second-order valence-electron chi connectivity index (χ2n) is 10.6. The van der Waals surface area contributed by atoms with Crippen LogP contribution in [0.2, 0.25) is 0 Å². The number of hydrogen-bond donors (Lipinski definition) is 0. The van der Waals surface area contributed by atoms with Gasteiger partial charge in [-0.1, -0.05) is 154 Å². The maximum atomic E-state index is 6.51. The fraction of sp³-hybridized carbons (Fsp3) is 0. The van der Waals surface area contributed by atoms with Crippen molar-refractivity contribution in [2.75, 3.05) is 0 Å². The van der Waals surface area contributed by atoms with Gasteiger partial charge in [0.1, 0.15) is 11.2 Å². The van der Waals surface area contributed by atoms with Crippen molar-refractivity contribution in [3.05, 3.63) is 158 Å². The summed E-state index contributed by atoms with van der Waals surface area (Å²) >= 11 is 0. The summed E-state index contributed by atoms with van der Waals surface area (Å²) in [6, 6.07) is 38.0. The Labute approximate surface area is 252 Å². The molecule has 7 aromatic rings. The van der Waals surface area contributed by atoms with Gasteiger partial charge in [0, 0.05) is 21.9 Å². The van der Waals surface area contributed by atoms with E-state index in [1.807, 2.05) is 42.5 Å². The summed E-state index contributed by atoms with van der Waals surface area (Å²) in [5, 5.41) is 4.44. The standard InChI is InChI=1S/C42H30O/c1-5-28-29(6-2)36(26-25-32(28)27-17-10-9-11-18-27)40-30(7-3)31(8-4)41(35-21-13-12-20-34(35)40)38-23-16-22-37-33-19-14-15-24-39(33)43-42(37)38/h5-26H,1-4H2. The second-order valence-corrected chi connectivity index (χ2v) is 10.6. The Hall–Kier alpha value is -5.66. The molecule has 0 aliphatic heterocycles. The molecule has 0 spiro atoms. The van der Waals surface area contributed by atoms with Gasteiger partial charge in [-0.15, -0.1) is 0 Å². The number of benzene rings is 6. The molecule has 0 saturated heterocycles. The third-order valence-electron chi connectivity index (χ3n) is 8.43. The van der Waals surface area contributed by atoms with Crippen molar-refractivity contribution in [3.63, 3.8) is 0 Å². The first-order valence-electron chi connectivity index (χ1n) is 14.4. The molecule has 43 heavy (non-hydrogen) atoms. The minimum Gasteiger partial charge on any atom is -0.455 e. The van der Waals surface area contributed by atoms with Gasteiger partial charge >= 0.3 is 0 Å². The van der Waals surface area contributed by atoms with Gasteiger partial charge in [0.2, 0.25) is 0 Å². The normalized spacial score (nSPS) is 11.2. The first-order chi connectivity index (χ1) is 21.2. The zero-order valence-electron chi connectivity index (χ0n) is 23.9. The van der Waals surface area contributed by atoms with Crippen molar-refractivity contribution >= 4 is 57.0 Å². The Balaban J connectivity index is 1.60. The van der Waals surface area contributed by atoms with Gasteiger partial charge in [0.25, 0.3) is 0 Å². The molecule has 6 aromatic carbocycles. The summed E-state index contributed by atoms with van der Waals surface area (Å²) in [5.74, 6) is 0. The van der Waals surface area contributed by atoms with Crippen molar-refractivity contribution in [2.45, 2.75) is 0 Å². The first kappa shape index (κ1) is 26.3. The van der Waals surface area contributed by atoms with Gasteiger partial charge in [-0.2, -0.15) is 0 Å². The average Bonchev–Trinajstić information content (AvgIpc) is 3.46. The Morgan fingerprint density at radius 2 is 0.907 bits per heavy atom. The number of furan rings is 1. The number of fused-ring (bicyclic) bond motifs is 4. The van der Waals surface area contributed by atoms with E-state index in [4.69, 9.17) is 4.42 Å². The average molecular weight is 551 g/mol. The van der Waals surface area contributed by atoms with Gasteiger partial charge < -0.3 is 4.42 Å². The number of hydrogen-bond acceptors (Lipinski definition) is 1. The lowest BCUT2D eigenvalue weighted by Gasteiger charge is -2.22. The lowest BCUT2D eigenvalue weighted by atomic mass is 9.80. The molecule has 0 saturated carbocycles. The molecule has 0 bridgehead atoms. The van der Waals surface area contributed by atoms with Gasteiger partial charge in [-0.05, 0) is 61.3 Å². The van der Waals surface area contributed by atoms with Crippen molar-refractivity contribution in [3.8, 4) is 33.4 Å². The molecule has 0 unspecified atom stereocenters. The van der Waals surface area contributed by atoms with Crippen LogP contribution < -0.4 is 0 Å². The minimum atomic E-state index is 0.868. The van der Waals surface area contributed by atoms with Crippen LogP contribution in [0.1, 0.15) is 22.3 Å². The molecule has 1 heteroatoms. The van der Waals surface area contributed by atoms with Crippen LogP contribution in [0.4, 0.5) is 0 Å². The Morgan fingerprint density at radius 1 is 0.395 bits per heavy atom. The monoisotopic (exact) mass is 550 g/mol. The minimum absolute atomic E-state index is 0.868. The van der Waals surface area contributed by atoms with E-state index in [1.165, 1.54) is 0 Å². The predicted octanol–water partition coefficient (Wildman–Crippen LogP) is 12.3. The molecule has 0 fully saturated rings. The molecule has 0 amide bonds. The predicted molar refractivity (Wildman–Crippen MR) is 188 cm³/mol. The quantitative estimate of drug-likeness (QED) is 0.192. The lowest BCUT2D eigenvalue weighted by molar-refractivity contribution is 0.670. The second kappa shape index (κ2) is 10.6. The molecule has 204 valence electrons. The Morgan fingerprint density at radius 3 is 1.56 bits per heavy atom. The van der Waals surface area contributed by atoms with Crippen LogP contribution in [0.15, 0.2) is 140 Å². The van der Waals surface area contributed by atoms with E-state index in [1.54, 1.807) is 0 Å². The number of rotatable bonds is 7. The van der Waals surface area contributed by atoms with E-state index < -0.39 is 0 Å². The Bertz CT molecular complexity index is 2240. The first-order valence-corrected chi connectivity index (χ1v) is 14.4. The molecule has 0 radical (unpaired) electrons. The van der Waals surface area contributed by atoms with Crippen molar-refractivity contribution in [1.29, 1.82) is 0 Å². The van der Waals surface area contributed by atoms with E-state index in [9.17, 15) is 0 Å². The van der Waals surface area contributed by atoms with Crippen LogP contribution in [0, 0.1) is 0 Å². The molecule has 0 aliphatic carbocycles. The van der Waals surface area contributed by atoms with Crippen LogP contribution in [0.25, 0.3) is 90.4 Å². The molecule has 1 aromatic heterocycles. The zero-order chi connectivity index (χ0) is 29.5. The summed E-state index contributed by atoms with van der Waals surface area (Å²) in [5.41, 5.74) is 12.4. The third kappa shape index (κ3) is 4.01. The highest BCUT2D eigenvalue weighted by atomic mass is 16.3. The van der Waals surface area contributed by atoms with E-state index in [-0.39, 0.29) is 0 Å². The van der Waals surface area contributed by atoms with Crippen molar-refractivity contribution in [2.24, 2.45) is 0 Å². The van der Waals surface area contributed by atoms with Crippen LogP contribution in [-0.2, 0) is 0 Å². The summed E-state index contributed by atoms with van der Waals surface area (Å²) in [6.45, 7) is 17.1. The maximum Gasteiger partial charge on any atom is 0.143 e. The number of para-hydroxylation sites is 2. The van der Waals surface area contributed by atoms with Gasteiger partial charge in [0.05, 0.1) is 0 Å². The lowest BCUT2D eigenvalue weighted by Crippen LogP contribution is -1.99. The van der Waals surface area contributed by atoms with E-state index in [0.717, 1.165) is 88.3 Å². The zero-order valence-corrected chi connectivity index (χ0v) is 23.9.